The Bertz CT molecular complexity index is 476. The molecule has 1 unspecified atom stereocenters. The van der Waals surface area contributed by atoms with E-state index >= 15 is 0 Å². The second-order valence-electron chi connectivity index (χ2n) is 4.06. The van der Waals surface area contributed by atoms with Crippen molar-refractivity contribution in [3.63, 3.8) is 0 Å². The van der Waals surface area contributed by atoms with Gasteiger partial charge in [-0.3, -0.25) is 0 Å². The zero-order valence-corrected chi connectivity index (χ0v) is 11.1. The number of rotatable bonds is 4. The van der Waals surface area contributed by atoms with Crippen LogP contribution >= 0.6 is 11.3 Å². The molecule has 90 valence electrons. The van der Waals surface area contributed by atoms with Crippen LogP contribution in [-0.2, 0) is 6.42 Å². The molecule has 1 atom stereocenters. The third-order valence-electron chi connectivity index (χ3n) is 2.84. The molecule has 2 nitrogen and oxygen atoms in total. The summed E-state index contributed by atoms with van der Waals surface area (Å²) in [7, 11) is 0. The van der Waals surface area contributed by atoms with E-state index in [0.717, 1.165) is 23.5 Å². The van der Waals surface area contributed by atoms with Crippen LogP contribution in [0.25, 0.3) is 11.3 Å². The molecule has 2 rings (SSSR count). The molecule has 1 heterocycles. The molecule has 1 aromatic heterocycles. The van der Waals surface area contributed by atoms with Crippen LogP contribution in [0.15, 0.2) is 30.3 Å². The van der Waals surface area contributed by atoms with E-state index in [2.05, 4.69) is 26.0 Å². The van der Waals surface area contributed by atoms with Gasteiger partial charge in [-0.25, -0.2) is 4.98 Å². The fourth-order valence-corrected chi connectivity index (χ4v) is 2.88. The second kappa shape index (κ2) is 5.43. The van der Waals surface area contributed by atoms with Gasteiger partial charge in [-0.05, 0) is 12.8 Å². The molecule has 0 saturated heterocycles. The highest BCUT2D eigenvalue weighted by Gasteiger charge is 2.15. The number of benzene rings is 1. The van der Waals surface area contributed by atoms with E-state index in [0.29, 0.717) is 0 Å². The zero-order valence-electron chi connectivity index (χ0n) is 10.3. The van der Waals surface area contributed by atoms with Crippen molar-refractivity contribution >= 4 is 11.3 Å². The maximum absolute atomic E-state index is 6.06. The van der Waals surface area contributed by atoms with Crippen molar-refractivity contribution in [2.45, 2.75) is 32.7 Å². The van der Waals surface area contributed by atoms with Crippen molar-refractivity contribution in [1.82, 2.24) is 4.98 Å². The Labute approximate surface area is 107 Å². The van der Waals surface area contributed by atoms with E-state index in [9.17, 15) is 0 Å². The van der Waals surface area contributed by atoms with Crippen molar-refractivity contribution < 1.29 is 0 Å². The van der Waals surface area contributed by atoms with Crippen LogP contribution in [0, 0.1) is 0 Å². The first-order chi connectivity index (χ1) is 8.26. The summed E-state index contributed by atoms with van der Waals surface area (Å²) in [5.41, 5.74) is 8.36. The van der Waals surface area contributed by atoms with Gasteiger partial charge in [-0.15, -0.1) is 11.3 Å². The smallest absolute Gasteiger partial charge is 0.110 e. The van der Waals surface area contributed by atoms with Gasteiger partial charge < -0.3 is 5.73 Å². The fourth-order valence-electron chi connectivity index (χ4n) is 1.76. The summed E-state index contributed by atoms with van der Waals surface area (Å²) < 4.78 is 0. The minimum absolute atomic E-state index is 0.0720. The van der Waals surface area contributed by atoms with Crippen LogP contribution in [0.4, 0.5) is 0 Å². The maximum atomic E-state index is 6.06. The molecular formula is C14H18N2S. The van der Waals surface area contributed by atoms with E-state index in [4.69, 9.17) is 10.7 Å². The van der Waals surface area contributed by atoms with Gasteiger partial charge >= 0.3 is 0 Å². The normalized spacial score (nSPS) is 12.6. The van der Waals surface area contributed by atoms with Crippen LogP contribution < -0.4 is 5.73 Å². The Morgan fingerprint density at radius 3 is 2.53 bits per heavy atom. The van der Waals surface area contributed by atoms with Crippen LogP contribution in [-0.4, -0.2) is 4.98 Å². The van der Waals surface area contributed by atoms with Gasteiger partial charge in [0.2, 0.25) is 0 Å². The van der Waals surface area contributed by atoms with E-state index in [1.807, 2.05) is 18.2 Å². The first kappa shape index (κ1) is 12.3. The lowest BCUT2D eigenvalue weighted by Crippen LogP contribution is -2.07. The lowest BCUT2D eigenvalue weighted by Gasteiger charge is -2.02. The minimum atomic E-state index is 0.0720. The van der Waals surface area contributed by atoms with Crippen molar-refractivity contribution in [2.24, 2.45) is 5.73 Å². The molecule has 2 aromatic rings. The zero-order chi connectivity index (χ0) is 12.3. The van der Waals surface area contributed by atoms with Gasteiger partial charge in [-0.1, -0.05) is 44.2 Å². The molecule has 0 aliphatic heterocycles. The molecule has 17 heavy (non-hydrogen) atoms. The van der Waals surface area contributed by atoms with E-state index < -0.39 is 0 Å². The van der Waals surface area contributed by atoms with E-state index in [1.165, 1.54) is 10.4 Å². The molecule has 0 spiro atoms. The second-order valence-corrected chi connectivity index (χ2v) is 5.17. The van der Waals surface area contributed by atoms with Gasteiger partial charge in [0.15, 0.2) is 0 Å². The highest BCUT2D eigenvalue weighted by Crippen LogP contribution is 2.31. The Hall–Kier alpha value is -1.19. The Balaban J connectivity index is 2.43. The predicted octanol–water partition coefficient (Wildman–Crippen LogP) is 3.78. The molecule has 0 amide bonds. The van der Waals surface area contributed by atoms with Gasteiger partial charge in [0.05, 0.1) is 11.7 Å². The van der Waals surface area contributed by atoms with Crippen molar-refractivity contribution in [1.29, 1.82) is 0 Å². The molecule has 0 bridgehead atoms. The van der Waals surface area contributed by atoms with Gasteiger partial charge in [-0.2, -0.15) is 0 Å². The van der Waals surface area contributed by atoms with Crippen LogP contribution in [0.5, 0.6) is 0 Å². The largest absolute Gasteiger partial charge is 0.322 e. The molecule has 1 aromatic carbocycles. The molecule has 0 saturated carbocycles. The Morgan fingerprint density at radius 1 is 1.24 bits per heavy atom. The van der Waals surface area contributed by atoms with E-state index in [-0.39, 0.29) is 6.04 Å². The lowest BCUT2D eigenvalue weighted by atomic mass is 10.1. The summed E-state index contributed by atoms with van der Waals surface area (Å²) in [6.07, 6.45) is 1.95. The Morgan fingerprint density at radius 2 is 1.94 bits per heavy atom. The standard InChI is InChI=1S/C14H18N2S/c1-3-11(15)14-16-13(12(4-2)17-14)10-8-6-5-7-9-10/h5-9,11H,3-4,15H2,1-2H3. The quantitative estimate of drug-likeness (QED) is 0.891. The number of thiazole rings is 1. The summed E-state index contributed by atoms with van der Waals surface area (Å²) in [5.74, 6) is 0. The van der Waals surface area contributed by atoms with Crippen molar-refractivity contribution in [3.8, 4) is 11.3 Å². The third kappa shape index (κ3) is 2.56. The first-order valence-corrected chi connectivity index (χ1v) is 6.88. The van der Waals surface area contributed by atoms with Gasteiger partial charge in [0, 0.05) is 10.4 Å². The molecule has 2 N–H and O–H groups in total. The molecule has 0 aliphatic rings. The fraction of sp³-hybridized carbons (Fsp3) is 0.357. The highest BCUT2D eigenvalue weighted by atomic mass is 32.1. The molecule has 0 aliphatic carbocycles. The molecule has 3 heteroatoms. The van der Waals surface area contributed by atoms with E-state index in [1.54, 1.807) is 11.3 Å². The SMILES string of the molecule is CCc1sc(C(N)CC)nc1-c1ccccc1. The molecular weight excluding hydrogens is 228 g/mol. The predicted molar refractivity (Wildman–Crippen MR) is 74.1 cm³/mol. The van der Waals surface area contributed by atoms with Gasteiger partial charge in [0.25, 0.3) is 0 Å². The topological polar surface area (TPSA) is 38.9 Å². The average Bonchev–Trinajstić information content (AvgIpc) is 2.83. The van der Waals surface area contributed by atoms with Crippen molar-refractivity contribution in [3.05, 3.63) is 40.2 Å². The summed E-state index contributed by atoms with van der Waals surface area (Å²) in [6.45, 7) is 4.26. The molecule has 0 fully saturated rings. The highest BCUT2D eigenvalue weighted by molar-refractivity contribution is 7.12. The average molecular weight is 246 g/mol. The van der Waals surface area contributed by atoms with Crippen LogP contribution in [0.2, 0.25) is 0 Å². The Kier molecular flexibility index (Phi) is 3.92. The summed E-state index contributed by atoms with van der Waals surface area (Å²) in [5, 5.41) is 1.06. The number of aryl methyl sites for hydroxylation is 1. The number of nitrogens with two attached hydrogens (primary N) is 1. The number of hydrogen-bond acceptors (Lipinski definition) is 3. The lowest BCUT2D eigenvalue weighted by molar-refractivity contribution is 0.693. The molecule has 0 radical (unpaired) electrons. The first-order valence-electron chi connectivity index (χ1n) is 6.06. The van der Waals surface area contributed by atoms with Gasteiger partial charge in [0.1, 0.15) is 5.01 Å². The van der Waals surface area contributed by atoms with Crippen LogP contribution in [0.1, 0.15) is 36.2 Å². The number of aromatic nitrogens is 1. The maximum Gasteiger partial charge on any atom is 0.110 e. The van der Waals surface area contributed by atoms with Crippen LogP contribution in [0.3, 0.4) is 0 Å². The van der Waals surface area contributed by atoms with Crippen molar-refractivity contribution in [2.75, 3.05) is 0 Å². The number of hydrogen-bond donors (Lipinski definition) is 1. The monoisotopic (exact) mass is 246 g/mol. The third-order valence-corrected chi connectivity index (χ3v) is 4.17. The summed E-state index contributed by atoms with van der Waals surface area (Å²) in [4.78, 5) is 6.04. The summed E-state index contributed by atoms with van der Waals surface area (Å²) >= 11 is 1.75. The number of nitrogens with zero attached hydrogens (tertiary/aromatic N) is 1. The summed E-state index contributed by atoms with van der Waals surface area (Å²) in [6, 6.07) is 10.4. The minimum Gasteiger partial charge on any atom is -0.322 e.